The molecule has 0 bridgehead atoms. The number of unbranched alkanes of at least 4 members (excludes halogenated alkanes) is 6. The molecule has 120 valence electrons. The summed E-state index contributed by atoms with van der Waals surface area (Å²) >= 11 is 0. The molecule has 2 heterocycles. The summed E-state index contributed by atoms with van der Waals surface area (Å²) in [5.74, 6) is 6.61. The minimum atomic E-state index is 0.535. The van der Waals surface area contributed by atoms with E-state index < -0.39 is 0 Å². The first kappa shape index (κ1) is 17.0. The van der Waals surface area contributed by atoms with Gasteiger partial charge in [-0.15, -0.1) is 0 Å². The van der Waals surface area contributed by atoms with Gasteiger partial charge in [0.15, 0.2) is 0 Å². The normalized spacial score (nSPS) is 18.2. The van der Waals surface area contributed by atoms with Crippen molar-refractivity contribution < 1.29 is 0 Å². The van der Waals surface area contributed by atoms with E-state index in [0.717, 1.165) is 12.0 Å². The lowest BCUT2D eigenvalue weighted by Crippen LogP contribution is -2.17. The average molecular weight is 298 g/mol. The molecule has 1 fully saturated rings. The summed E-state index contributed by atoms with van der Waals surface area (Å²) in [7, 11) is 2.20. The Hall–Kier alpha value is -1.33. The maximum atomic E-state index is 4.38. The molecule has 1 aliphatic heterocycles. The molecule has 0 amide bonds. The van der Waals surface area contributed by atoms with Crippen molar-refractivity contribution in [3.63, 3.8) is 0 Å². The van der Waals surface area contributed by atoms with Crippen molar-refractivity contribution >= 4 is 0 Å². The molecule has 2 nitrogen and oxygen atoms in total. The van der Waals surface area contributed by atoms with Gasteiger partial charge in [-0.05, 0) is 44.5 Å². The van der Waals surface area contributed by atoms with Gasteiger partial charge in [-0.1, -0.05) is 50.9 Å². The highest BCUT2D eigenvalue weighted by Crippen LogP contribution is 2.29. The molecule has 22 heavy (non-hydrogen) atoms. The molecule has 1 aromatic rings. The zero-order valence-corrected chi connectivity index (χ0v) is 14.3. The van der Waals surface area contributed by atoms with Crippen molar-refractivity contribution in [2.75, 3.05) is 13.6 Å². The van der Waals surface area contributed by atoms with Gasteiger partial charge >= 0.3 is 0 Å². The first-order valence-electron chi connectivity index (χ1n) is 8.95. The van der Waals surface area contributed by atoms with Gasteiger partial charge in [0.25, 0.3) is 0 Å². The number of hydrogen-bond donors (Lipinski definition) is 0. The van der Waals surface area contributed by atoms with Crippen molar-refractivity contribution in [3.8, 4) is 11.8 Å². The van der Waals surface area contributed by atoms with Crippen LogP contribution in [0.5, 0.6) is 0 Å². The molecule has 0 spiro atoms. The number of nitrogens with zero attached hydrogens (tertiary/aromatic N) is 2. The molecule has 0 aromatic carbocycles. The molecular formula is C20H30N2. The van der Waals surface area contributed by atoms with Crippen LogP contribution in [0.3, 0.4) is 0 Å². The van der Waals surface area contributed by atoms with Gasteiger partial charge in [-0.25, -0.2) is 0 Å². The Morgan fingerprint density at radius 1 is 1.18 bits per heavy atom. The Morgan fingerprint density at radius 3 is 2.77 bits per heavy atom. The summed E-state index contributed by atoms with van der Waals surface area (Å²) in [6.45, 7) is 3.45. The summed E-state index contributed by atoms with van der Waals surface area (Å²) in [5.41, 5.74) is 2.40. The third-order valence-electron chi connectivity index (χ3n) is 4.55. The van der Waals surface area contributed by atoms with Gasteiger partial charge in [0.2, 0.25) is 0 Å². The van der Waals surface area contributed by atoms with Gasteiger partial charge in [-0.3, -0.25) is 9.88 Å². The number of pyridine rings is 1. The molecule has 2 rings (SSSR count). The molecule has 1 atom stereocenters. The minimum absolute atomic E-state index is 0.535. The van der Waals surface area contributed by atoms with Crippen LogP contribution >= 0.6 is 0 Å². The lowest BCUT2D eigenvalue weighted by atomic mass is 10.1. The number of rotatable bonds is 7. The second kappa shape index (κ2) is 9.64. The van der Waals surface area contributed by atoms with Gasteiger partial charge in [0, 0.05) is 30.4 Å². The molecule has 1 aromatic heterocycles. The number of likely N-dealkylation sites (tertiary alicyclic amines) is 1. The fourth-order valence-electron chi connectivity index (χ4n) is 3.20. The number of hydrogen-bond acceptors (Lipinski definition) is 2. The van der Waals surface area contributed by atoms with Gasteiger partial charge in [0.1, 0.15) is 0 Å². The minimum Gasteiger partial charge on any atom is -0.299 e. The Kier molecular flexibility index (Phi) is 7.46. The molecule has 2 heteroatoms. The zero-order chi connectivity index (χ0) is 15.6. The van der Waals surface area contributed by atoms with Crippen LogP contribution in [0.4, 0.5) is 0 Å². The largest absolute Gasteiger partial charge is 0.299 e. The summed E-state index contributed by atoms with van der Waals surface area (Å²) < 4.78 is 0. The van der Waals surface area contributed by atoms with E-state index in [1.165, 1.54) is 63.5 Å². The maximum Gasteiger partial charge on any atom is 0.0432 e. The van der Waals surface area contributed by atoms with Crippen LogP contribution in [0.2, 0.25) is 0 Å². The van der Waals surface area contributed by atoms with Gasteiger partial charge in [0.05, 0.1) is 0 Å². The average Bonchev–Trinajstić information content (AvgIpc) is 2.96. The summed E-state index contributed by atoms with van der Waals surface area (Å²) in [6.07, 6.45) is 15.4. The molecule has 0 saturated carbocycles. The predicted molar refractivity (Wildman–Crippen MR) is 93.7 cm³/mol. The van der Waals surface area contributed by atoms with E-state index in [4.69, 9.17) is 0 Å². The van der Waals surface area contributed by atoms with Crippen molar-refractivity contribution in [2.24, 2.45) is 0 Å². The predicted octanol–water partition coefficient (Wildman–Crippen LogP) is 4.95. The lowest BCUT2D eigenvalue weighted by molar-refractivity contribution is 0.317. The second-order valence-corrected chi connectivity index (χ2v) is 6.47. The van der Waals surface area contributed by atoms with Crippen molar-refractivity contribution in [3.05, 3.63) is 29.6 Å². The van der Waals surface area contributed by atoms with E-state index in [1.54, 1.807) is 0 Å². The Balaban J connectivity index is 1.77. The lowest BCUT2D eigenvalue weighted by Gasteiger charge is -2.19. The van der Waals surface area contributed by atoms with Crippen LogP contribution in [-0.2, 0) is 0 Å². The summed E-state index contributed by atoms with van der Waals surface area (Å²) in [5, 5.41) is 0. The van der Waals surface area contributed by atoms with E-state index in [-0.39, 0.29) is 0 Å². The maximum absolute atomic E-state index is 4.38. The topological polar surface area (TPSA) is 16.1 Å². The third-order valence-corrected chi connectivity index (χ3v) is 4.55. The molecule has 1 aliphatic rings. The molecule has 0 radical (unpaired) electrons. The smallest absolute Gasteiger partial charge is 0.0432 e. The molecule has 0 N–H and O–H groups in total. The molecule has 0 unspecified atom stereocenters. The molecule has 0 aliphatic carbocycles. The van der Waals surface area contributed by atoms with E-state index in [2.05, 4.69) is 41.8 Å². The van der Waals surface area contributed by atoms with Crippen LogP contribution < -0.4 is 0 Å². The van der Waals surface area contributed by atoms with E-state index in [9.17, 15) is 0 Å². The van der Waals surface area contributed by atoms with Crippen LogP contribution in [0.1, 0.15) is 81.9 Å². The van der Waals surface area contributed by atoms with Crippen LogP contribution in [0, 0.1) is 11.8 Å². The molecule has 1 saturated heterocycles. The SMILES string of the molecule is CCCCCCCCC#Cc1cncc([C@@H]2CCCN2C)c1. The quantitative estimate of drug-likeness (QED) is 0.523. The third kappa shape index (κ3) is 5.46. The van der Waals surface area contributed by atoms with Crippen LogP contribution in [0.25, 0.3) is 0 Å². The van der Waals surface area contributed by atoms with Crippen molar-refractivity contribution in [2.45, 2.75) is 70.8 Å². The van der Waals surface area contributed by atoms with Crippen LogP contribution in [-0.4, -0.2) is 23.5 Å². The number of aromatic nitrogens is 1. The Morgan fingerprint density at radius 2 is 2.00 bits per heavy atom. The van der Waals surface area contributed by atoms with Crippen LogP contribution in [0.15, 0.2) is 18.5 Å². The van der Waals surface area contributed by atoms with Crippen molar-refractivity contribution in [1.29, 1.82) is 0 Å². The van der Waals surface area contributed by atoms with Gasteiger partial charge < -0.3 is 0 Å². The van der Waals surface area contributed by atoms with E-state index in [0.29, 0.717) is 6.04 Å². The summed E-state index contributed by atoms with van der Waals surface area (Å²) in [6, 6.07) is 2.76. The highest BCUT2D eigenvalue weighted by Gasteiger charge is 2.22. The monoisotopic (exact) mass is 298 g/mol. The first-order chi connectivity index (χ1) is 10.8. The fraction of sp³-hybridized carbons (Fsp3) is 0.650. The van der Waals surface area contributed by atoms with E-state index >= 15 is 0 Å². The van der Waals surface area contributed by atoms with Crippen molar-refractivity contribution in [1.82, 2.24) is 9.88 Å². The Labute approximate surface area is 136 Å². The van der Waals surface area contributed by atoms with Gasteiger partial charge in [-0.2, -0.15) is 0 Å². The zero-order valence-electron chi connectivity index (χ0n) is 14.3. The highest BCUT2D eigenvalue weighted by molar-refractivity contribution is 5.35. The second-order valence-electron chi connectivity index (χ2n) is 6.47. The summed E-state index contributed by atoms with van der Waals surface area (Å²) in [4.78, 5) is 6.80. The molecular weight excluding hydrogens is 268 g/mol. The fourth-order valence-corrected chi connectivity index (χ4v) is 3.20. The standard InChI is InChI=1S/C20H30N2/c1-3-4-5-6-7-8-9-10-12-18-15-19(17-21-16-18)20-13-11-14-22(20)2/h15-17,20H,3-9,11,13-14H2,1-2H3/t20-/m0/s1. The Bertz CT molecular complexity index is 498. The van der Waals surface area contributed by atoms with E-state index in [1.807, 2.05) is 12.4 Å². The highest BCUT2D eigenvalue weighted by atomic mass is 15.1. The first-order valence-corrected chi connectivity index (χ1v) is 8.95.